The van der Waals surface area contributed by atoms with E-state index in [2.05, 4.69) is 33.5 Å². The Hall–Kier alpha value is -3.19. The van der Waals surface area contributed by atoms with E-state index in [0.29, 0.717) is 13.1 Å². The van der Waals surface area contributed by atoms with Gasteiger partial charge in [-0.05, 0) is 42.2 Å². The second-order valence-corrected chi connectivity index (χ2v) is 8.14. The summed E-state index contributed by atoms with van der Waals surface area (Å²) in [6.45, 7) is 3.89. The molecular weight excluding hydrogens is 384 g/mol. The molecule has 1 aliphatic heterocycles. The average Bonchev–Trinajstić information content (AvgIpc) is 3.39. The van der Waals surface area contributed by atoms with Crippen LogP contribution in [-0.4, -0.2) is 27.3 Å². The molecule has 0 aliphatic carbocycles. The summed E-state index contributed by atoms with van der Waals surface area (Å²) in [6.07, 6.45) is 4.08. The summed E-state index contributed by atoms with van der Waals surface area (Å²) in [5, 5.41) is 4.22. The van der Waals surface area contributed by atoms with Gasteiger partial charge in [0.2, 0.25) is 0 Å². The zero-order valence-electron chi connectivity index (χ0n) is 16.0. The van der Waals surface area contributed by atoms with Crippen molar-refractivity contribution in [1.29, 1.82) is 0 Å². The zero-order chi connectivity index (χ0) is 19.8. The van der Waals surface area contributed by atoms with Gasteiger partial charge in [0.15, 0.2) is 0 Å². The van der Waals surface area contributed by atoms with Crippen LogP contribution in [0.15, 0.2) is 53.4 Å². The van der Waals surface area contributed by atoms with Gasteiger partial charge in [-0.2, -0.15) is 0 Å². The van der Waals surface area contributed by atoms with E-state index in [9.17, 15) is 4.79 Å². The van der Waals surface area contributed by atoms with Crippen LogP contribution in [0.3, 0.4) is 0 Å². The fourth-order valence-electron chi connectivity index (χ4n) is 3.81. The molecule has 3 aromatic heterocycles. The van der Waals surface area contributed by atoms with Gasteiger partial charge in [0, 0.05) is 13.1 Å². The molecule has 0 atom stereocenters. The molecule has 1 N–H and O–H groups in total. The third-order valence-corrected chi connectivity index (χ3v) is 6.54. The number of nitrogens with zero attached hydrogens (tertiary/aromatic N) is 3. The molecule has 4 aromatic rings. The number of fused-ring (bicyclic) bond motifs is 2. The van der Waals surface area contributed by atoms with E-state index in [1.165, 1.54) is 28.8 Å². The Bertz CT molecular complexity index is 1180. The molecule has 1 aromatic carbocycles. The standard InChI is InChI=1S/C22H20N4O2S/c1-14-18-20(23-11-17-7-4-10-28-17)24-13-25-21(18)29-19(14)22(27)26-9-8-15-5-2-3-6-16(15)12-26/h2-7,10,13H,8-9,11-12H2,1H3,(H,23,24,25). The minimum atomic E-state index is 0.0667. The van der Waals surface area contributed by atoms with Gasteiger partial charge in [0.05, 0.1) is 23.1 Å². The number of carbonyl (C=O) groups is 1. The van der Waals surface area contributed by atoms with Crippen molar-refractivity contribution < 1.29 is 9.21 Å². The number of aryl methyl sites for hydroxylation is 1. The molecule has 0 fully saturated rings. The van der Waals surface area contributed by atoms with E-state index in [1.54, 1.807) is 6.26 Å². The van der Waals surface area contributed by atoms with E-state index in [0.717, 1.165) is 45.2 Å². The Labute approximate surface area is 172 Å². The monoisotopic (exact) mass is 404 g/mol. The molecule has 1 aliphatic rings. The lowest BCUT2D eigenvalue weighted by molar-refractivity contribution is 0.0739. The maximum atomic E-state index is 13.3. The van der Waals surface area contributed by atoms with E-state index in [4.69, 9.17) is 4.42 Å². The van der Waals surface area contributed by atoms with Crippen LogP contribution in [0, 0.1) is 6.92 Å². The third-order valence-electron chi connectivity index (χ3n) is 5.35. The maximum Gasteiger partial charge on any atom is 0.264 e. The van der Waals surface area contributed by atoms with Crippen LogP contribution in [0.2, 0.25) is 0 Å². The highest BCUT2D eigenvalue weighted by Crippen LogP contribution is 2.35. The zero-order valence-corrected chi connectivity index (χ0v) is 16.8. The molecule has 6 nitrogen and oxygen atoms in total. The van der Waals surface area contributed by atoms with E-state index < -0.39 is 0 Å². The Balaban J connectivity index is 1.44. The third kappa shape index (κ3) is 3.27. The summed E-state index contributed by atoms with van der Waals surface area (Å²) in [7, 11) is 0. The average molecular weight is 404 g/mol. The van der Waals surface area contributed by atoms with Crippen molar-refractivity contribution in [2.75, 3.05) is 11.9 Å². The van der Waals surface area contributed by atoms with Crippen LogP contribution >= 0.6 is 11.3 Å². The minimum Gasteiger partial charge on any atom is -0.467 e. The SMILES string of the molecule is Cc1c(C(=O)N2CCc3ccccc3C2)sc2ncnc(NCc3ccco3)c12. The molecule has 1 amide bonds. The van der Waals surface area contributed by atoms with Gasteiger partial charge in [-0.1, -0.05) is 24.3 Å². The van der Waals surface area contributed by atoms with Gasteiger partial charge in [-0.25, -0.2) is 9.97 Å². The first-order valence-corrected chi connectivity index (χ1v) is 10.4. The number of benzene rings is 1. The van der Waals surface area contributed by atoms with Gasteiger partial charge in [0.1, 0.15) is 22.7 Å². The van der Waals surface area contributed by atoms with Gasteiger partial charge in [-0.3, -0.25) is 4.79 Å². The topological polar surface area (TPSA) is 71.3 Å². The van der Waals surface area contributed by atoms with Crippen LogP contribution < -0.4 is 5.32 Å². The summed E-state index contributed by atoms with van der Waals surface area (Å²) < 4.78 is 5.38. The molecule has 4 heterocycles. The van der Waals surface area contributed by atoms with E-state index in [-0.39, 0.29) is 5.91 Å². The smallest absolute Gasteiger partial charge is 0.264 e. The molecule has 146 valence electrons. The number of aromatic nitrogens is 2. The normalized spacial score (nSPS) is 13.5. The highest BCUT2D eigenvalue weighted by Gasteiger charge is 2.26. The molecule has 0 saturated heterocycles. The molecular formula is C22H20N4O2S. The van der Waals surface area contributed by atoms with Crippen molar-refractivity contribution in [3.8, 4) is 0 Å². The number of thiophene rings is 1. The Kier molecular flexibility index (Phi) is 4.52. The number of rotatable bonds is 4. The first-order valence-electron chi connectivity index (χ1n) is 9.57. The van der Waals surface area contributed by atoms with Crippen molar-refractivity contribution in [3.63, 3.8) is 0 Å². The summed E-state index contributed by atoms with van der Waals surface area (Å²) in [4.78, 5) is 25.6. The summed E-state index contributed by atoms with van der Waals surface area (Å²) in [6, 6.07) is 12.1. The maximum absolute atomic E-state index is 13.3. The van der Waals surface area contributed by atoms with Gasteiger partial charge in [0.25, 0.3) is 5.91 Å². The van der Waals surface area contributed by atoms with E-state index in [1.807, 2.05) is 30.0 Å². The number of nitrogens with one attached hydrogen (secondary N) is 1. The summed E-state index contributed by atoms with van der Waals surface area (Å²) in [5.41, 5.74) is 3.49. The molecule has 7 heteroatoms. The first-order chi connectivity index (χ1) is 14.2. The van der Waals surface area contributed by atoms with Crippen LogP contribution in [0.25, 0.3) is 10.2 Å². The lowest BCUT2D eigenvalue weighted by Crippen LogP contribution is -2.35. The summed E-state index contributed by atoms with van der Waals surface area (Å²) in [5.74, 6) is 1.62. The molecule has 0 radical (unpaired) electrons. The van der Waals surface area contributed by atoms with Crippen LogP contribution in [0.4, 0.5) is 5.82 Å². The van der Waals surface area contributed by atoms with Crippen molar-refractivity contribution in [1.82, 2.24) is 14.9 Å². The minimum absolute atomic E-state index is 0.0667. The Morgan fingerprint density at radius 2 is 2.07 bits per heavy atom. The molecule has 0 bridgehead atoms. The fraction of sp³-hybridized carbons (Fsp3) is 0.227. The van der Waals surface area contributed by atoms with Crippen LogP contribution in [0.5, 0.6) is 0 Å². The van der Waals surface area contributed by atoms with Crippen molar-refractivity contribution in [3.05, 3.63) is 76.3 Å². The molecule has 0 spiro atoms. The molecule has 0 saturated carbocycles. The number of carbonyl (C=O) groups excluding carboxylic acids is 1. The number of hydrogen-bond acceptors (Lipinski definition) is 6. The van der Waals surface area contributed by atoms with E-state index >= 15 is 0 Å². The quantitative estimate of drug-likeness (QED) is 0.546. The number of furan rings is 1. The largest absolute Gasteiger partial charge is 0.467 e. The van der Waals surface area contributed by atoms with Crippen LogP contribution in [0.1, 0.15) is 32.1 Å². The highest BCUT2D eigenvalue weighted by molar-refractivity contribution is 7.20. The predicted molar refractivity (Wildman–Crippen MR) is 113 cm³/mol. The second kappa shape index (κ2) is 7.33. The molecule has 29 heavy (non-hydrogen) atoms. The van der Waals surface area contributed by atoms with Gasteiger partial charge < -0.3 is 14.6 Å². The molecule has 5 rings (SSSR count). The fourth-order valence-corrected chi connectivity index (χ4v) is 4.92. The molecule has 0 unspecified atom stereocenters. The number of anilines is 1. The Morgan fingerprint density at radius 3 is 2.90 bits per heavy atom. The Morgan fingerprint density at radius 1 is 1.21 bits per heavy atom. The predicted octanol–water partition coefficient (Wildman–Crippen LogP) is 4.40. The highest BCUT2D eigenvalue weighted by atomic mass is 32.1. The second-order valence-electron chi connectivity index (χ2n) is 7.14. The number of hydrogen-bond donors (Lipinski definition) is 1. The lowest BCUT2D eigenvalue weighted by Gasteiger charge is -2.28. The van der Waals surface area contributed by atoms with Gasteiger partial charge in [-0.15, -0.1) is 11.3 Å². The van der Waals surface area contributed by atoms with Crippen molar-refractivity contribution >= 4 is 33.3 Å². The van der Waals surface area contributed by atoms with Gasteiger partial charge >= 0.3 is 0 Å². The summed E-state index contributed by atoms with van der Waals surface area (Å²) >= 11 is 1.44. The van der Waals surface area contributed by atoms with Crippen molar-refractivity contribution in [2.45, 2.75) is 26.4 Å². The lowest BCUT2D eigenvalue weighted by atomic mass is 9.99. The number of amides is 1. The van der Waals surface area contributed by atoms with Crippen molar-refractivity contribution in [2.24, 2.45) is 0 Å². The van der Waals surface area contributed by atoms with Crippen LogP contribution in [-0.2, 0) is 19.5 Å². The first kappa shape index (κ1) is 17.9.